The first-order valence-electron chi connectivity index (χ1n) is 7.02. The van der Waals surface area contributed by atoms with Crippen molar-refractivity contribution < 1.29 is 0 Å². The van der Waals surface area contributed by atoms with Crippen LogP contribution in [-0.4, -0.2) is 12.2 Å². The van der Waals surface area contributed by atoms with Gasteiger partial charge in [0.15, 0.2) is 0 Å². The van der Waals surface area contributed by atoms with Gasteiger partial charge in [0.25, 0.3) is 0 Å². The van der Waals surface area contributed by atoms with Gasteiger partial charge in [-0.2, -0.15) is 0 Å². The summed E-state index contributed by atoms with van der Waals surface area (Å²) in [5.74, 6) is 1.62. The highest BCUT2D eigenvalue weighted by Gasteiger charge is 2.15. The lowest BCUT2D eigenvalue weighted by molar-refractivity contribution is 0.292. The van der Waals surface area contributed by atoms with E-state index in [9.17, 15) is 0 Å². The average Bonchev–Trinajstić information content (AvgIpc) is 2.17. The summed E-state index contributed by atoms with van der Waals surface area (Å²) in [6.07, 6.45) is 6.27. The molecule has 16 heavy (non-hydrogen) atoms. The number of nitrogens with two attached hydrogens (primary N) is 1. The van der Waals surface area contributed by atoms with Gasteiger partial charge in [-0.05, 0) is 31.6 Å². The Morgan fingerprint density at radius 1 is 0.938 bits per heavy atom. The minimum Gasteiger partial charge on any atom is -0.316 e. The first-order valence-corrected chi connectivity index (χ1v) is 7.02. The molecule has 0 heterocycles. The topological polar surface area (TPSA) is 38.0 Å². The standard InChI is InChI=1S/C14H32N2/c1-6-8-11(3)12(4)10-13(5)16-14(15)9-7-2/h11-14,16H,6-10,15H2,1-5H3. The molecule has 2 nitrogen and oxygen atoms in total. The lowest BCUT2D eigenvalue weighted by atomic mass is 9.87. The fourth-order valence-electron chi connectivity index (χ4n) is 2.36. The molecule has 0 aliphatic heterocycles. The molecule has 0 saturated carbocycles. The molecule has 0 saturated heterocycles. The van der Waals surface area contributed by atoms with Crippen molar-refractivity contribution in [2.75, 3.05) is 0 Å². The van der Waals surface area contributed by atoms with E-state index in [4.69, 9.17) is 5.73 Å². The predicted molar refractivity (Wildman–Crippen MR) is 73.3 cm³/mol. The Balaban J connectivity index is 3.80. The van der Waals surface area contributed by atoms with Crippen molar-refractivity contribution in [1.82, 2.24) is 5.32 Å². The molecule has 4 atom stereocenters. The molecule has 3 N–H and O–H groups in total. The SMILES string of the molecule is CCCC(N)NC(C)CC(C)C(C)CCC. The van der Waals surface area contributed by atoms with Crippen molar-refractivity contribution >= 4 is 0 Å². The van der Waals surface area contributed by atoms with Crippen molar-refractivity contribution in [3.63, 3.8) is 0 Å². The normalized spacial score (nSPS) is 19.1. The van der Waals surface area contributed by atoms with Crippen LogP contribution in [0.1, 0.15) is 66.7 Å². The van der Waals surface area contributed by atoms with Gasteiger partial charge in [-0.3, -0.25) is 5.32 Å². The first-order chi connectivity index (χ1) is 7.51. The maximum Gasteiger partial charge on any atom is 0.0548 e. The van der Waals surface area contributed by atoms with Crippen molar-refractivity contribution in [1.29, 1.82) is 0 Å². The molecular formula is C14H32N2. The van der Waals surface area contributed by atoms with Crippen LogP contribution in [0.2, 0.25) is 0 Å². The minimum absolute atomic E-state index is 0.175. The van der Waals surface area contributed by atoms with E-state index < -0.39 is 0 Å². The Bertz CT molecular complexity index is 159. The number of rotatable bonds is 9. The van der Waals surface area contributed by atoms with Crippen molar-refractivity contribution in [2.45, 2.75) is 78.9 Å². The van der Waals surface area contributed by atoms with E-state index in [0.717, 1.165) is 24.7 Å². The van der Waals surface area contributed by atoms with Crippen molar-refractivity contribution in [3.8, 4) is 0 Å². The smallest absolute Gasteiger partial charge is 0.0548 e. The van der Waals surface area contributed by atoms with Crippen LogP contribution in [0.25, 0.3) is 0 Å². The molecule has 98 valence electrons. The highest BCUT2D eigenvalue weighted by atomic mass is 15.0. The van der Waals surface area contributed by atoms with Crippen LogP contribution in [0.3, 0.4) is 0 Å². The maximum absolute atomic E-state index is 5.98. The summed E-state index contributed by atoms with van der Waals surface area (Å²) in [6.45, 7) is 11.4. The molecule has 0 amide bonds. The second kappa shape index (κ2) is 9.00. The Kier molecular flexibility index (Phi) is 8.96. The molecular weight excluding hydrogens is 196 g/mol. The molecule has 0 rings (SSSR count). The summed E-state index contributed by atoms with van der Waals surface area (Å²) in [5, 5.41) is 3.49. The monoisotopic (exact) mass is 228 g/mol. The van der Waals surface area contributed by atoms with E-state index in [0.29, 0.717) is 6.04 Å². The van der Waals surface area contributed by atoms with Gasteiger partial charge in [-0.15, -0.1) is 0 Å². The van der Waals surface area contributed by atoms with Gasteiger partial charge < -0.3 is 5.73 Å². The molecule has 0 spiro atoms. The zero-order chi connectivity index (χ0) is 12.6. The average molecular weight is 228 g/mol. The number of hydrogen-bond acceptors (Lipinski definition) is 2. The zero-order valence-corrected chi connectivity index (χ0v) is 11.9. The van der Waals surface area contributed by atoms with Crippen LogP contribution in [0.4, 0.5) is 0 Å². The summed E-state index contributed by atoms with van der Waals surface area (Å²) in [5.41, 5.74) is 5.98. The fourth-order valence-corrected chi connectivity index (χ4v) is 2.36. The van der Waals surface area contributed by atoms with E-state index in [1.807, 2.05) is 0 Å². The minimum atomic E-state index is 0.175. The maximum atomic E-state index is 5.98. The third kappa shape index (κ3) is 7.24. The second-order valence-corrected chi connectivity index (χ2v) is 5.44. The van der Waals surface area contributed by atoms with Gasteiger partial charge in [-0.1, -0.05) is 47.0 Å². The third-order valence-corrected chi connectivity index (χ3v) is 3.54. The van der Waals surface area contributed by atoms with Crippen LogP contribution in [0, 0.1) is 11.8 Å². The molecule has 0 radical (unpaired) electrons. The Morgan fingerprint density at radius 2 is 1.50 bits per heavy atom. The van der Waals surface area contributed by atoms with Gasteiger partial charge >= 0.3 is 0 Å². The third-order valence-electron chi connectivity index (χ3n) is 3.54. The lowest BCUT2D eigenvalue weighted by Gasteiger charge is -2.25. The van der Waals surface area contributed by atoms with Crippen molar-refractivity contribution in [2.24, 2.45) is 17.6 Å². The summed E-state index contributed by atoms with van der Waals surface area (Å²) < 4.78 is 0. The molecule has 4 unspecified atom stereocenters. The molecule has 0 bridgehead atoms. The van der Waals surface area contributed by atoms with E-state index >= 15 is 0 Å². The van der Waals surface area contributed by atoms with Gasteiger partial charge in [0.1, 0.15) is 0 Å². The number of hydrogen-bond donors (Lipinski definition) is 2. The van der Waals surface area contributed by atoms with Crippen LogP contribution in [0.5, 0.6) is 0 Å². The largest absolute Gasteiger partial charge is 0.316 e. The summed E-state index contributed by atoms with van der Waals surface area (Å²) >= 11 is 0. The van der Waals surface area contributed by atoms with E-state index in [1.165, 1.54) is 19.3 Å². The fraction of sp³-hybridized carbons (Fsp3) is 1.00. The highest BCUT2D eigenvalue weighted by Crippen LogP contribution is 2.21. The second-order valence-electron chi connectivity index (χ2n) is 5.44. The molecule has 0 fully saturated rings. The molecule has 0 aliphatic carbocycles. The van der Waals surface area contributed by atoms with Crippen LogP contribution in [0.15, 0.2) is 0 Å². The summed E-state index contributed by atoms with van der Waals surface area (Å²) in [6, 6.07) is 0.538. The van der Waals surface area contributed by atoms with Crippen LogP contribution >= 0.6 is 0 Å². The summed E-state index contributed by atoms with van der Waals surface area (Å²) in [4.78, 5) is 0. The van der Waals surface area contributed by atoms with Crippen molar-refractivity contribution in [3.05, 3.63) is 0 Å². The first kappa shape index (κ1) is 15.9. The van der Waals surface area contributed by atoms with E-state index in [1.54, 1.807) is 0 Å². The Labute approximate surface area is 102 Å². The predicted octanol–water partition coefficient (Wildman–Crippen LogP) is 3.51. The van der Waals surface area contributed by atoms with Gasteiger partial charge in [0.2, 0.25) is 0 Å². The zero-order valence-electron chi connectivity index (χ0n) is 11.9. The van der Waals surface area contributed by atoms with Crippen LogP contribution in [-0.2, 0) is 0 Å². The van der Waals surface area contributed by atoms with E-state index in [2.05, 4.69) is 39.9 Å². The molecule has 0 aromatic carbocycles. The van der Waals surface area contributed by atoms with Gasteiger partial charge in [0.05, 0.1) is 6.17 Å². The number of nitrogens with one attached hydrogen (secondary N) is 1. The Morgan fingerprint density at radius 3 is 2.00 bits per heavy atom. The van der Waals surface area contributed by atoms with Gasteiger partial charge in [0, 0.05) is 6.04 Å². The van der Waals surface area contributed by atoms with Gasteiger partial charge in [-0.25, -0.2) is 0 Å². The quantitative estimate of drug-likeness (QED) is 0.593. The molecule has 0 aromatic rings. The highest BCUT2D eigenvalue weighted by molar-refractivity contribution is 4.71. The summed E-state index contributed by atoms with van der Waals surface area (Å²) in [7, 11) is 0. The van der Waals surface area contributed by atoms with E-state index in [-0.39, 0.29) is 6.17 Å². The lowest BCUT2D eigenvalue weighted by Crippen LogP contribution is -2.43. The molecule has 0 aliphatic rings. The molecule has 0 aromatic heterocycles. The Hall–Kier alpha value is -0.0800. The van der Waals surface area contributed by atoms with Crippen LogP contribution < -0.4 is 11.1 Å². The molecule has 2 heteroatoms.